The maximum atomic E-state index is 12.9. The number of furan rings is 1. The second kappa shape index (κ2) is 8.23. The Morgan fingerprint density at radius 1 is 1.27 bits per heavy atom. The molecule has 1 amide bonds. The Kier molecular flexibility index (Phi) is 5.50. The normalized spacial score (nSPS) is 11.2. The first-order valence-electron chi connectivity index (χ1n) is 9.51. The lowest BCUT2D eigenvalue weighted by Crippen LogP contribution is -2.23. The molecule has 2 aromatic heterocycles. The van der Waals surface area contributed by atoms with Crippen molar-refractivity contribution in [2.75, 3.05) is 18.2 Å². The molecule has 0 saturated carbocycles. The summed E-state index contributed by atoms with van der Waals surface area (Å²) in [7, 11) is 1.56. The molecule has 0 radical (unpaired) electrons. The summed E-state index contributed by atoms with van der Waals surface area (Å²) < 4.78 is 12.6. The number of methoxy groups -OCH3 is 1. The van der Waals surface area contributed by atoms with Gasteiger partial charge in [-0.15, -0.1) is 0 Å². The summed E-state index contributed by atoms with van der Waals surface area (Å²) in [6, 6.07) is 13.0. The van der Waals surface area contributed by atoms with Gasteiger partial charge in [0.2, 0.25) is 11.5 Å². The SMILES string of the molecule is CCn1c(SCC(=O)Nc2cc(C)ccc2OC)nc2c(oc3ccccc32)c1=O. The molecular formula is C22H21N3O4S. The Balaban J connectivity index is 1.62. The number of amides is 1. The third-order valence-corrected chi connectivity index (χ3v) is 5.70. The molecule has 0 fully saturated rings. The summed E-state index contributed by atoms with van der Waals surface area (Å²) in [6.45, 7) is 4.23. The van der Waals surface area contributed by atoms with Gasteiger partial charge in [-0.2, -0.15) is 0 Å². The van der Waals surface area contributed by atoms with Crippen LogP contribution in [-0.4, -0.2) is 28.3 Å². The third-order valence-electron chi connectivity index (χ3n) is 4.72. The van der Waals surface area contributed by atoms with E-state index in [2.05, 4.69) is 10.3 Å². The molecule has 0 unspecified atom stereocenters. The van der Waals surface area contributed by atoms with Crippen LogP contribution in [0.1, 0.15) is 12.5 Å². The van der Waals surface area contributed by atoms with Gasteiger partial charge >= 0.3 is 0 Å². The molecular weight excluding hydrogens is 402 g/mol. The van der Waals surface area contributed by atoms with Crippen LogP contribution in [0.4, 0.5) is 5.69 Å². The van der Waals surface area contributed by atoms with E-state index in [1.807, 2.05) is 56.3 Å². The van der Waals surface area contributed by atoms with Gasteiger partial charge in [0.15, 0.2) is 5.16 Å². The first kappa shape index (κ1) is 20.0. The van der Waals surface area contributed by atoms with Crippen molar-refractivity contribution < 1.29 is 13.9 Å². The number of nitrogens with one attached hydrogen (secondary N) is 1. The fourth-order valence-corrected chi connectivity index (χ4v) is 4.13. The summed E-state index contributed by atoms with van der Waals surface area (Å²) in [6.07, 6.45) is 0. The lowest BCUT2D eigenvalue weighted by molar-refractivity contribution is -0.113. The van der Waals surface area contributed by atoms with Crippen molar-refractivity contribution >= 4 is 45.4 Å². The van der Waals surface area contributed by atoms with Gasteiger partial charge in [0.1, 0.15) is 16.8 Å². The molecule has 8 heteroatoms. The molecule has 4 rings (SSSR count). The molecule has 7 nitrogen and oxygen atoms in total. The molecule has 2 aromatic carbocycles. The van der Waals surface area contributed by atoms with Crippen LogP contribution in [-0.2, 0) is 11.3 Å². The van der Waals surface area contributed by atoms with Crippen molar-refractivity contribution in [1.82, 2.24) is 9.55 Å². The van der Waals surface area contributed by atoms with Crippen LogP contribution in [0.2, 0.25) is 0 Å². The molecule has 2 heterocycles. The van der Waals surface area contributed by atoms with Crippen LogP contribution in [0.3, 0.4) is 0 Å². The van der Waals surface area contributed by atoms with Crippen molar-refractivity contribution in [1.29, 1.82) is 0 Å². The highest BCUT2D eigenvalue weighted by atomic mass is 32.2. The molecule has 30 heavy (non-hydrogen) atoms. The van der Waals surface area contributed by atoms with Crippen molar-refractivity contribution in [3.8, 4) is 5.75 Å². The van der Waals surface area contributed by atoms with Crippen LogP contribution >= 0.6 is 11.8 Å². The number of benzene rings is 2. The van der Waals surface area contributed by atoms with E-state index in [-0.39, 0.29) is 22.8 Å². The van der Waals surface area contributed by atoms with Gasteiger partial charge in [-0.25, -0.2) is 4.98 Å². The van der Waals surface area contributed by atoms with Crippen LogP contribution < -0.4 is 15.6 Å². The second-order valence-electron chi connectivity index (χ2n) is 6.76. The zero-order valence-electron chi connectivity index (χ0n) is 16.9. The third kappa shape index (κ3) is 3.66. The van der Waals surface area contributed by atoms with E-state index in [1.54, 1.807) is 7.11 Å². The molecule has 154 valence electrons. The minimum Gasteiger partial charge on any atom is -0.495 e. The van der Waals surface area contributed by atoms with Gasteiger partial charge in [-0.1, -0.05) is 30.0 Å². The first-order chi connectivity index (χ1) is 14.5. The molecule has 0 bridgehead atoms. The summed E-state index contributed by atoms with van der Waals surface area (Å²) in [5.41, 5.74) is 2.74. The van der Waals surface area contributed by atoms with Crippen LogP contribution in [0.25, 0.3) is 22.1 Å². The maximum absolute atomic E-state index is 12.9. The van der Waals surface area contributed by atoms with E-state index < -0.39 is 0 Å². The fraction of sp³-hybridized carbons (Fsp3) is 0.227. The van der Waals surface area contributed by atoms with E-state index in [1.165, 1.54) is 16.3 Å². The number of anilines is 1. The number of para-hydroxylation sites is 1. The minimum atomic E-state index is -0.248. The largest absolute Gasteiger partial charge is 0.495 e. The van der Waals surface area contributed by atoms with Gasteiger partial charge < -0.3 is 14.5 Å². The summed E-state index contributed by atoms with van der Waals surface area (Å²) in [5.74, 6) is 0.483. The average Bonchev–Trinajstić information content (AvgIpc) is 3.11. The molecule has 0 aliphatic rings. The molecule has 0 aliphatic heterocycles. The molecule has 1 N–H and O–H groups in total. The molecule has 0 saturated heterocycles. The van der Waals surface area contributed by atoms with Crippen LogP contribution in [0.15, 0.2) is 56.8 Å². The van der Waals surface area contributed by atoms with Gasteiger partial charge in [0.05, 0.1) is 18.6 Å². The minimum absolute atomic E-state index is 0.102. The summed E-state index contributed by atoms with van der Waals surface area (Å²) in [4.78, 5) is 30.1. The van der Waals surface area contributed by atoms with E-state index in [4.69, 9.17) is 9.15 Å². The Bertz CT molecular complexity index is 1310. The second-order valence-corrected chi connectivity index (χ2v) is 7.70. The highest BCUT2D eigenvalue weighted by Gasteiger charge is 2.18. The number of hydrogen-bond donors (Lipinski definition) is 1. The summed E-state index contributed by atoms with van der Waals surface area (Å²) in [5, 5.41) is 4.13. The number of thioether (sulfide) groups is 1. The number of aromatic nitrogens is 2. The Hall–Kier alpha value is -3.26. The number of hydrogen-bond acceptors (Lipinski definition) is 6. The van der Waals surface area contributed by atoms with Crippen molar-refractivity contribution in [2.24, 2.45) is 0 Å². The van der Waals surface area contributed by atoms with Crippen LogP contribution in [0.5, 0.6) is 5.75 Å². The predicted octanol–water partition coefficient (Wildman–Crippen LogP) is 4.21. The smallest absolute Gasteiger partial charge is 0.297 e. The number of nitrogens with zero attached hydrogens (tertiary/aromatic N) is 2. The van der Waals surface area contributed by atoms with Crippen molar-refractivity contribution in [2.45, 2.75) is 25.5 Å². The van der Waals surface area contributed by atoms with Gasteiger partial charge in [-0.05, 0) is 43.7 Å². The number of rotatable bonds is 6. The van der Waals surface area contributed by atoms with Crippen molar-refractivity contribution in [3.05, 3.63) is 58.4 Å². The van der Waals surface area contributed by atoms with E-state index in [0.717, 1.165) is 10.9 Å². The van der Waals surface area contributed by atoms with Gasteiger partial charge in [0.25, 0.3) is 5.56 Å². The zero-order valence-corrected chi connectivity index (χ0v) is 17.7. The first-order valence-corrected chi connectivity index (χ1v) is 10.5. The zero-order chi connectivity index (χ0) is 21.3. The lowest BCUT2D eigenvalue weighted by Gasteiger charge is -2.12. The number of carbonyl (C=O) groups excluding carboxylic acids is 1. The molecule has 4 aromatic rings. The average molecular weight is 423 g/mol. The van der Waals surface area contributed by atoms with E-state index in [9.17, 15) is 9.59 Å². The van der Waals surface area contributed by atoms with Gasteiger partial charge in [-0.3, -0.25) is 14.2 Å². The fourth-order valence-electron chi connectivity index (χ4n) is 3.28. The van der Waals surface area contributed by atoms with Crippen LogP contribution in [0, 0.1) is 6.92 Å². The highest BCUT2D eigenvalue weighted by Crippen LogP contribution is 2.28. The van der Waals surface area contributed by atoms with Crippen molar-refractivity contribution in [3.63, 3.8) is 0 Å². The monoisotopic (exact) mass is 423 g/mol. The number of fused-ring (bicyclic) bond motifs is 3. The molecule has 0 spiro atoms. The lowest BCUT2D eigenvalue weighted by atomic mass is 10.2. The topological polar surface area (TPSA) is 86.4 Å². The predicted molar refractivity (Wildman–Crippen MR) is 119 cm³/mol. The van der Waals surface area contributed by atoms with E-state index in [0.29, 0.717) is 34.2 Å². The standard InChI is InChI=1S/C22H21N3O4S/c1-4-25-21(27)20-19(14-7-5-6-8-16(14)29-20)24-22(25)30-12-18(26)23-15-11-13(2)9-10-17(15)28-3/h5-11H,4,12H2,1-3H3,(H,23,26). The Labute approximate surface area is 177 Å². The summed E-state index contributed by atoms with van der Waals surface area (Å²) >= 11 is 1.21. The number of carbonyl (C=O) groups is 1. The van der Waals surface area contributed by atoms with E-state index >= 15 is 0 Å². The number of aryl methyl sites for hydroxylation is 1. The van der Waals surface area contributed by atoms with Gasteiger partial charge in [0, 0.05) is 11.9 Å². The maximum Gasteiger partial charge on any atom is 0.297 e. The Morgan fingerprint density at radius 2 is 2.07 bits per heavy atom. The molecule has 0 aliphatic carbocycles. The number of ether oxygens (including phenoxy) is 1. The Morgan fingerprint density at radius 3 is 2.83 bits per heavy atom. The molecule has 0 atom stereocenters. The highest BCUT2D eigenvalue weighted by molar-refractivity contribution is 7.99. The quantitative estimate of drug-likeness (QED) is 0.369.